The number of benzene rings is 2. The number of hydrogen-bond donors (Lipinski definition) is 1. The first-order valence-corrected chi connectivity index (χ1v) is 7.92. The van der Waals surface area contributed by atoms with Gasteiger partial charge in [-0.3, -0.25) is 14.9 Å². The molecule has 7 heteroatoms. The van der Waals surface area contributed by atoms with Crippen molar-refractivity contribution in [3.8, 4) is 0 Å². The molecule has 0 aliphatic carbocycles. The number of rotatable bonds is 4. The Morgan fingerprint density at radius 2 is 1.96 bits per heavy atom. The summed E-state index contributed by atoms with van der Waals surface area (Å²) in [6.45, 7) is 2.09. The third-order valence-electron chi connectivity index (χ3n) is 4.04. The van der Waals surface area contributed by atoms with E-state index in [1.807, 2.05) is 13.0 Å². The van der Waals surface area contributed by atoms with Crippen molar-refractivity contribution in [1.29, 1.82) is 0 Å². The monoisotopic (exact) mass is 342 g/mol. The fourth-order valence-corrected chi connectivity index (χ4v) is 2.62. The summed E-state index contributed by atoms with van der Waals surface area (Å²) >= 11 is 0. The highest BCUT2D eigenvalue weighted by atomic mass is 16.7. The molecule has 0 unspecified atom stereocenters. The Bertz CT molecular complexity index is 765. The van der Waals surface area contributed by atoms with Crippen molar-refractivity contribution in [1.82, 2.24) is 5.32 Å². The van der Waals surface area contributed by atoms with Crippen molar-refractivity contribution in [3.63, 3.8) is 0 Å². The predicted octanol–water partition coefficient (Wildman–Crippen LogP) is 2.83. The molecule has 0 bridgehead atoms. The quantitative estimate of drug-likeness (QED) is 0.681. The number of non-ortho nitro benzene ring substituents is 1. The molecule has 25 heavy (non-hydrogen) atoms. The van der Waals surface area contributed by atoms with Gasteiger partial charge >= 0.3 is 0 Å². The van der Waals surface area contributed by atoms with Crippen molar-refractivity contribution in [3.05, 3.63) is 75.8 Å². The lowest BCUT2D eigenvalue weighted by Crippen LogP contribution is -2.50. The summed E-state index contributed by atoms with van der Waals surface area (Å²) in [6.07, 6.45) is -0.995. The van der Waals surface area contributed by atoms with Crippen molar-refractivity contribution < 1.29 is 19.2 Å². The third kappa shape index (κ3) is 4.01. The van der Waals surface area contributed by atoms with Crippen LogP contribution in [0.2, 0.25) is 0 Å². The van der Waals surface area contributed by atoms with Crippen LogP contribution < -0.4 is 5.32 Å². The van der Waals surface area contributed by atoms with Crippen LogP contribution in [-0.2, 0) is 9.47 Å². The first kappa shape index (κ1) is 17.1. The van der Waals surface area contributed by atoms with Gasteiger partial charge in [0.05, 0.1) is 23.7 Å². The molecule has 1 saturated heterocycles. The molecule has 7 nitrogen and oxygen atoms in total. The van der Waals surface area contributed by atoms with Crippen LogP contribution in [0.15, 0.2) is 54.6 Å². The lowest BCUT2D eigenvalue weighted by Gasteiger charge is -2.35. The molecule has 130 valence electrons. The summed E-state index contributed by atoms with van der Waals surface area (Å²) in [5.74, 6) is -0.196. The molecule has 0 aromatic heterocycles. The van der Waals surface area contributed by atoms with Gasteiger partial charge in [0, 0.05) is 23.3 Å². The molecule has 1 heterocycles. The zero-order valence-corrected chi connectivity index (χ0v) is 13.6. The SMILES string of the molecule is C[C@@H]1O[C@@H](c2cccc([N+](=O)[O-])c2)OC[C@H]1NC(=O)c1ccccc1. The maximum Gasteiger partial charge on any atom is 0.269 e. The number of ether oxygens (including phenoxy) is 2. The number of nitro benzene ring substituents is 1. The molecular formula is C18H18N2O5. The molecule has 3 rings (SSSR count). The zero-order valence-electron chi connectivity index (χ0n) is 13.6. The minimum Gasteiger partial charge on any atom is -0.346 e. The highest BCUT2D eigenvalue weighted by Gasteiger charge is 2.31. The first-order chi connectivity index (χ1) is 12.0. The Hall–Kier alpha value is -2.77. The number of hydrogen-bond acceptors (Lipinski definition) is 5. The van der Waals surface area contributed by atoms with E-state index in [1.54, 1.807) is 36.4 Å². The Labute approximate surface area is 144 Å². The number of amides is 1. The van der Waals surface area contributed by atoms with Crippen molar-refractivity contribution >= 4 is 11.6 Å². The van der Waals surface area contributed by atoms with Crippen molar-refractivity contribution in [2.24, 2.45) is 0 Å². The standard InChI is InChI=1S/C18H18N2O5/c1-12-16(19-17(21)13-6-3-2-4-7-13)11-24-18(25-12)14-8-5-9-15(10-14)20(22)23/h2-10,12,16,18H,11H2,1H3,(H,19,21)/t12-,16+,18-/m0/s1. The Morgan fingerprint density at radius 1 is 1.20 bits per heavy atom. The summed E-state index contributed by atoms with van der Waals surface area (Å²) in [6, 6.07) is 14.8. The third-order valence-corrected chi connectivity index (χ3v) is 4.04. The molecule has 1 N–H and O–H groups in total. The van der Waals surface area contributed by atoms with Gasteiger partial charge in [-0.05, 0) is 19.1 Å². The van der Waals surface area contributed by atoms with E-state index in [2.05, 4.69) is 5.32 Å². The summed E-state index contributed by atoms with van der Waals surface area (Å²) < 4.78 is 11.5. The van der Waals surface area contributed by atoms with Crippen LogP contribution in [0.5, 0.6) is 0 Å². The summed E-state index contributed by atoms with van der Waals surface area (Å²) in [5.41, 5.74) is 1.13. The smallest absolute Gasteiger partial charge is 0.269 e. The topological polar surface area (TPSA) is 90.7 Å². The van der Waals surface area contributed by atoms with Gasteiger partial charge in [0.2, 0.25) is 0 Å². The average molecular weight is 342 g/mol. The fraction of sp³-hybridized carbons (Fsp3) is 0.278. The van der Waals surface area contributed by atoms with Crippen LogP contribution in [0.4, 0.5) is 5.69 Å². The van der Waals surface area contributed by atoms with Gasteiger partial charge in [-0.1, -0.05) is 30.3 Å². The minimum atomic E-state index is -0.695. The lowest BCUT2D eigenvalue weighted by atomic mass is 10.1. The van der Waals surface area contributed by atoms with Gasteiger partial charge in [-0.15, -0.1) is 0 Å². The maximum absolute atomic E-state index is 12.2. The maximum atomic E-state index is 12.2. The van der Waals surface area contributed by atoms with Crippen LogP contribution in [0.25, 0.3) is 0 Å². The number of nitrogens with zero attached hydrogens (tertiary/aromatic N) is 1. The number of carbonyl (C=O) groups is 1. The van der Waals surface area contributed by atoms with E-state index in [0.29, 0.717) is 11.1 Å². The Morgan fingerprint density at radius 3 is 2.64 bits per heavy atom. The summed E-state index contributed by atoms with van der Waals surface area (Å²) in [7, 11) is 0. The van der Waals surface area contributed by atoms with Gasteiger partial charge in [-0.25, -0.2) is 0 Å². The molecule has 0 saturated carbocycles. The largest absolute Gasteiger partial charge is 0.346 e. The average Bonchev–Trinajstić information content (AvgIpc) is 2.64. The van der Waals surface area contributed by atoms with Gasteiger partial charge in [0.1, 0.15) is 0 Å². The molecule has 1 aliphatic rings. The minimum absolute atomic E-state index is 0.0168. The summed E-state index contributed by atoms with van der Waals surface area (Å²) in [4.78, 5) is 22.7. The second kappa shape index (κ2) is 7.42. The molecule has 3 atom stereocenters. The van der Waals surface area contributed by atoms with Crippen LogP contribution in [0, 0.1) is 10.1 Å². The van der Waals surface area contributed by atoms with Gasteiger partial charge < -0.3 is 14.8 Å². The highest BCUT2D eigenvalue weighted by Crippen LogP contribution is 2.28. The molecule has 1 amide bonds. The van der Waals surface area contributed by atoms with Crippen molar-refractivity contribution in [2.45, 2.75) is 25.4 Å². The highest BCUT2D eigenvalue weighted by molar-refractivity contribution is 5.94. The number of carbonyl (C=O) groups excluding carboxylic acids is 1. The lowest BCUT2D eigenvalue weighted by molar-refractivity contribution is -0.385. The van der Waals surface area contributed by atoms with E-state index in [4.69, 9.17) is 9.47 Å². The van der Waals surface area contributed by atoms with Gasteiger partial charge in [-0.2, -0.15) is 0 Å². The number of nitro groups is 1. The Kier molecular flexibility index (Phi) is 5.06. The molecule has 2 aromatic rings. The predicted molar refractivity (Wildman–Crippen MR) is 90.0 cm³/mol. The fourth-order valence-electron chi connectivity index (χ4n) is 2.62. The van der Waals surface area contributed by atoms with Gasteiger partial charge in [0.15, 0.2) is 6.29 Å². The van der Waals surface area contributed by atoms with E-state index in [1.165, 1.54) is 12.1 Å². The summed E-state index contributed by atoms with van der Waals surface area (Å²) in [5, 5.41) is 13.8. The first-order valence-electron chi connectivity index (χ1n) is 7.92. The van der Waals surface area contributed by atoms with Crippen LogP contribution >= 0.6 is 0 Å². The molecule has 1 fully saturated rings. The van der Waals surface area contributed by atoms with Crippen LogP contribution in [0.3, 0.4) is 0 Å². The number of nitrogens with one attached hydrogen (secondary N) is 1. The molecule has 0 spiro atoms. The van der Waals surface area contributed by atoms with E-state index in [0.717, 1.165) is 0 Å². The van der Waals surface area contributed by atoms with Crippen LogP contribution in [-0.4, -0.2) is 29.6 Å². The second-order valence-electron chi connectivity index (χ2n) is 5.80. The Balaban J connectivity index is 1.64. The molecule has 2 aromatic carbocycles. The second-order valence-corrected chi connectivity index (χ2v) is 5.80. The van der Waals surface area contributed by atoms with Gasteiger partial charge in [0.25, 0.3) is 11.6 Å². The normalized spacial score (nSPS) is 23.0. The zero-order chi connectivity index (χ0) is 17.8. The van der Waals surface area contributed by atoms with E-state index >= 15 is 0 Å². The molecule has 1 aliphatic heterocycles. The molecular weight excluding hydrogens is 324 g/mol. The molecule has 0 radical (unpaired) electrons. The van der Waals surface area contributed by atoms with E-state index in [-0.39, 0.29) is 30.3 Å². The van der Waals surface area contributed by atoms with Crippen LogP contribution in [0.1, 0.15) is 29.1 Å². The van der Waals surface area contributed by atoms with E-state index < -0.39 is 11.2 Å². The van der Waals surface area contributed by atoms with Crippen molar-refractivity contribution in [2.75, 3.05) is 6.61 Å². The van der Waals surface area contributed by atoms with E-state index in [9.17, 15) is 14.9 Å².